The van der Waals surface area contributed by atoms with E-state index < -0.39 is 10.0 Å². The predicted octanol–water partition coefficient (Wildman–Crippen LogP) is 3.37. The molecule has 0 bridgehead atoms. The fourth-order valence-electron chi connectivity index (χ4n) is 1.58. The first-order valence-electron chi connectivity index (χ1n) is 5.68. The van der Waals surface area contributed by atoms with Crippen molar-refractivity contribution in [3.8, 4) is 6.07 Å². The van der Waals surface area contributed by atoms with E-state index in [1.807, 2.05) is 6.07 Å². The Morgan fingerprint density at radius 1 is 1.29 bits per heavy atom. The molecule has 0 unspecified atom stereocenters. The van der Waals surface area contributed by atoms with Gasteiger partial charge in [0.05, 0.1) is 21.2 Å². The Hall–Kier alpha value is -1.81. The molecule has 0 saturated carbocycles. The van der Waals surface area contributed by atoms with E-state index in [9.17, 15) is 8.42 Å². The van der Waals surface area contributed by atoms with Crippen LogP contribution in [-0.4, -0.2) is 13.4 Å². The third kappa shape index (κ3) is 3.45. The van der Waals surface area contributed by atoms with Gasteiger partial charge in [0.15, 0.2) is 5.15 Å². The molecule has 0 aliphatic rings. The highest BCUT2D eigenvalue weighted by Crippen LogP contribution is 2.25. The Morgan fingerprint density at radius 2 is 2.00 bits per heavy atom. The molecule has 8 heteroatoms. The normalized spacial score (nSPS) is 11.0. The number of hydrogen-bond acceptors (Lipinski definition) is 4. The molecule has 1 heterocycles. The molecule has 0 aliphatic carbocycles. The molecule has 21 heavy (non-hydrogen) atoms. The number of nitriles is 1. The van der Waals surface area contributed by atoms with Crippen molar-refractivity contribution in [2.45, 2.75) is 11.8 Å². The highest BCUT2D eigenvalue weighted by Gasteiger charge is 2.17. The maximum Gasteiger partial charge on any atom is 0.262 e. The zero-order chi connectivity index (χ0) is 15.6. The number of nitrogens with one attached hydrogen (secondary N) is 1. The molecule has 1 aromatic carbocycles. The van der Waals surface area contributed by atoms with Crippen LogP contribution in [0.3, 0.4) is 0 Å². The van der Waals surface area contributed by atoms with E-state index in [4.69, 9.17) is 28.5 Å². The second-order valence-electron chi connectivity index (χ2n) is 4.21. The van der Waals surface area contributed by atoms with Gasteiger partial charge < -0.3 is 0 Å². The molecule has 5 nitrogen and oxygen atoms in total. The third-order valence-electron chi connectivity index (χ3n) is 2.59. The Balaban J connectivity index is 2.41. The molecular weight excluding hydrogens is 333 g/mol. The molecule has 0 radical (unpaired) electrons. The molecule has 0 aliphatic heterocycles. The van der Waals surface area contributed by atoms with Gasteiger partial charge in [0, 0.05) is 6.20 Å². The molecular formula is C13H9Cl2N3O2S. The summed E-state index contributed by atoms with van der Waals surface area (Å²) in [6.45, 7) is 1.76. The van der Waals surface area contributed by atoms with Crippen LogP contribution in [0.2, 0.25) is 10.2 Å². The summed E-state index contributed by atoms with van der Waals surface area (Å²) in [5.74, 6) is 0. The summed E-state index contributed by atoms with van der Waals surface area (Å²) in [6.07, 6.45) is 1.53. The zero-order valence-electron chi connectivity index (χ0n) is 10.8. The SMILES string of the molecule is Cc1cnc(Cl)c(NS(=O)(=O)c2ccc(C#N)c(Cl)c2)c1. The van der Waals surface area contributed by atoms with Gasteiger partial charge in [-0.3, -0.25) is 4.72 Å². The fourth-order valence-corrected chi connectivity index (χ4v) is 3.16. The number of sulfonamides is 1. The van der Waals surface area contributed by atoms with Gasteiger partial charge in [-0.25, -0.2) is 13.4 Å². The van der Waals surface area contributed by atoms with Gasteiger partial charge in [-0.05, 0) is 36.8 Å². The summed E-state index contributed by atoms with van der Waals surface area (Å²) in [5.41, 5.74) is 1.14. The molecule has 0 spiro atoms. The van der Waals surface area contributed by atoms with E-state index in [-0.39, 0.29) is 26.3 Å². The van der Waals surface area contributed by atoms with E-state index in [2.05, 4.69) is 9.71 Å². The summed E-state index contributed by atoms with van der Waals surface area (Å²) in [5, 5.41) is 8.90. The van der Waals surface area contributed by atoms with Crippen LogP contribution in [0.4, 0.5) is 5.69 Å². The second kappa shape index (κ2) is 5.90. The summed E-state index contributed by atoms with van der Waals surface area (Å²) >= 11 is 11.7. The Bertz CT molecular complexity index is 845. The lowest BCUT2D eigenvalue weighted by Crippen LogP contribution is -2.13. The van der Waals surface area contributed by atoms with Gasteiger partial charge in [0.2, 0.25) is 0 Å². The largest absolute Gasteiger partial charge is 0.276 e. The molecule has 0 amide bonds. The molecule has 1 aromatic heterocycles. The van der Waals surface area contributed by atoms with Crippen LogP contribution < -0.4 is 4.72 Å². The minimum atomic E-state index is -3.87. The lowest BCUT2D eigenvalue weighted by atomic mass is 10.2. The maximum absolute atomic E-state index is 12.3. The minimum absolute atomic E-state index is 0.0453. The highest BCUT2D eigenvalue weighted by molar-refractivity contribution is 7.92. The molecule has 0 fully saturated rings. The first-order valence-corrected chi connectivity index (χ1v) is 7.92. The number of rotatable bonds is 3. The summed E-state index contributed by atoms with van der Waals surface area (Å²) in [4.78, 5) is 3.81. The summed E-state index contributed by atoms with van der Waals surface area (Å²) < 4.78 is 26.9. The van der Waals surface area contributed by atoms with Crippen LogP contribution in [0, 0.1) is 18.3 Å². The Labute approximate surface area is 132 Å². The lowest BCUT2D eigenvalue weighted by Gasteiger charge is -2.10. The molecule has 0 saturated heterocycles. The number of benzene rings is 1. The fraction of sp³-hybridized carbons (Fsp3) is 0.0769. The topological polar surface area (TPSA) is 82.8 Å². The Kier molecular flexibility index (Phi) is 4.37. The maximum atomic E-state index is 12.3. The first kappa shape index (κ1) is 15.6. The van der Waals surface area contributed by atoms with E-state index in [0.29, 0.717) is 0 Å². The van der Waals surface area contributed by atoms with Crippen molar-refractivity contribution >= 4 is 38.9 Å². The average molecular weight is 342 g/mol. The standard InChI is InChI=1S/C13H9Cl2N3O2S/c1-8-4-12(13(15)17-7-8)18-21(19,20)10-3-2-9(6-16)11(14)5-10/h2-5,7,18H,1H3. The van der Waals surface area contributed by atoms with Crippen LogP contribution in [-0.2, 0) is 10.0 Å². The smallest absolute Gasteiger partial charge is 0.262 e. The quantitative estimate of drug-likeness (QED) is 0.867. The number of aryl methyl sites for hydroxylation is 1. The number of nitrogens with zero attached hydrogens (tertiary/aromatic N) is 2. The van der Waals surface area contributed by atoms with Crippen LogP contribution in [0.15, 0.2) is 35.4 Å². The van der Waals surface area contributed by atoms with Crippen LogP contribution in [0.5, 0.6) is 0 Å². The zero-order valence-corrected chi connectivity index (χ0v) is 13.1. The third-order valence-corrected chi connectivity index (χ3v) is 4.57. The predicted molar refractivity (Wildman–Crippen MR) is 81.0 cm³/mol. The number of hydrogen-bond donors (Lipinski definition) is 1. The molecule has 2 aromatic rings. The van der Waals surface area contributed by atoms with E-state index in [0.717, 1.165) is 5.56 Å². The van der Waals surface area contributed by atoms with Crippen molar-refractivity contribution in [1.29, 1.82) is 5.26 Å². The minimum Gasteiger partial charge on any atom is -0.276 e. The van der Waals surface area contributed by atoms with E-state index in [1.165, 1.54) is 24.4 Å². The van der Waals surface area contributed by atoms with Crippen molar-refractivity contribution in [2.24, 2.45) is 0 Å². The van der Waals surface area contributed by atoms with Crippen molar-refractivity contribution in [2.75, 3.05) is 4.72 Å². The number of halogens is 2. The van der Waals surface area contributed by atoms with Gasteiger partial charge >= 0.3 is 0 Å². The highest BCUT2D eigenvalue weighted by atomic mass is 35.5. The molecule has 0 atom stereocenters. The number of pyridine rings is 1. The van der Waals surface area contributed by atoms with Crippen LogP contribution >= 0.6 is 23.2 Å². The molecule has 2 rings (SSSR count). The Morgan fingerprint density at radius 3 is 2.62 bits per heavy atom. The number of anilines is 1. The molecule has 108 valence electrons. The van der Waals surface area contributed by atoms with Gasteiger partial charge in [-0.2, -0.15) is 5.26 Å². The van der Waals surface area contributed by atoms with Crippen molar-refractivity contribution in [3.05, 3.63) is 51.8 Å². The van der Waals surface area contributed by atoms with Gasteiger partial charge in [-0.15, -0.1) is 0 Å². The lowest BCUT2D eigenvalue weighted by molar-refractivity contribution is 0.601. The van der Waals surface area contributed by atoms with E-state index >= 15 is 0 Å². The summed E-state index contributed by atoms with van der Waals surface area (Å²) in [6, 6.07) is 7.27. The van der Waals surface area contributed by atoms with Crippen LogP contribution in [0.1, 0.15) is 11.1 Å². The van der Waals surface area contributed by atoms with Gasteiger partial charge in [-0.1, -0.05) is 23.2 Å². The number of aromatic nitrogens is 1. The monoisotopic (exact) mass is 341 g/mol. The first-order chi connectivity index (χ1) is 9.83. The van der Waals surface area contributed by atoms with E-state index in [1.54, 1.807) is 13.0 Å². The van der Waals surface area contributed by atoms with Crippen molar-refractivity contribution < 1.29 is 8.42 Å². The molecule has 1 N–H and O–H groups in total. The second-order valence-corrected chi connectivity index (χ2v) is 6.66. The van der Waals surface area contributed by atoms with Gasteiger partial charge in [0.1, 0.15) is 6.07 Å². The van der Waals surface area contributed by atoms with Crippen molar-refractivity contribution in [3.63, 3.8) is 0 Å². The summed E-state index contributed by atoms with van der Waals surface area (Å²) in [7, 11) is -3.87. The van der Waals surface area contributed by atoms with Gasteiger partial charge in [0.25, 0.3) is 10.0 Å². The average Bonchev–Trinajstić information content (AvgIpc) is 2.42. The van der Waals surface area contributed by atoms with Crippen molar-refractivity contribution in [1.82, 2.24) is 4.98 Å². The van der Waals surface area contributed by atoms with Crippen LogP contribution in [0.25, 0.3) is 0 Å².